The lowest BCUT2D eigenvalue weighted by molar-refractivity contribution is -0.662. The van der Waals surface area contributed by atoms with Crippen LogP contribution in [0.5, 0.6) is 11.5 Å². The van der Waals surface area contributed by atoms with Crippen LogP contribution < -0.4 is 9.30 Å². The zero-order chi connectivity index (χ0) is 20.5. The third kappa shape index (κ3) is 2.71. The number of fused-ring (bicyclic) bond motifs is 3. The first-order valence-corrected chi connectivity index (χ1v) is 10.3. The van der Waals surface area contributed by atoms with E-state index in [1.807, 2.05) is 12.4 Å². The molecule has 1 aliphatic heterocycles. The molecule has 3 heteroatoms. The molecule has 0 radical (unpaired) electrons. The molecular formula is C26H27N2O+. The summed E-state index contributed by atoms with van der Waals surface area (Å²) in [7, 11) is 2.08. The van der Waals surface area contributed by atoms with Crippen molar-refractivity contribution in [1.82, 2.24) is 4.98 Å². The van der Waals surface area contributed by atoms with Gasteiger partial charge in [0.1, 0.15) is 16.9 Å². The molecule has 0 aliphatic carbocycles. The highest BCUT2D eigenvalue weighted by molar-refractivity contribution is 6.05. The molecule has 0 saturated carbocycles. The van der Waals surface area contributed by atoms with E-state index in [0.29, 0.717) is 0 Å². The van der Waals surface area contributed by atoms with E-state index in [1.165, 1.54) is 38.7 Å². The Bertz CT molecular complexity index is 1310. The highest BCUT2D eigenvalue weighted by Gasteiger charge is 2.32. The number of aromatic nitrogens is 2. The summed E-state index contributed by atoms with van der Waals surface area (Å²) in [6.45, 7) is 11.3. The Kier molecular flexibility index (Phi) is 3.76. The largest absolute Gasteiger partial charge is 0.455 e. The number of rotatable bonds is 1. The van der Waals surface area contributed by atoms with Crippen LogP contribution in [-0.2, 0) is 13.5 Å². The molecule has 0 atom stereocenters. The lowest BCUT2D eigenvalue weighted by atomic mass is 9.81. The summed E-state index contributed by atoms with van der Waals surface area (Å²) in [4.78, 5) is 4.63. The zero-order valence-corrected chi connectivity index (χ0v) is 18.1. The van der Waals surface area contributed by atoms with Crippen molar-refractivity contribution in [2.45, 2.75) is 41.0 Å². The van der Waals surface area contributed by atoms with Crippen molar-refractivity contribution in [1.29, 1.82) is 0 Å². The summed E-state index contributed by atoms with van der Waals surface area (Å²) in [5.41, 5.74) is 7.38. The van der Waals surface area contributed by atoms with Crippen molar-refractivity contribution in [3.05, 3.63) is 59.4 Å². The molecule has 0 amide bonds. The summed E-state index contributed by atoms with van der Waals surface area (Å²) in [6, 6.07) is 12.9. The normalized spacial score (nSPS) is 12.9. The predicted octanol–water partition coefficient (Wildman–Crippen LogP) is 6.19. The standard InChI is InChI=1S/C26H27N2O/c1-15-10-11-17-18(12-15)16(2)22-24-23-20(27-14-28(24)6)8-7-9-21(23)29-25(22)19(17)13-26(3,4)5/h7-12,14H,13H2,1-6H3/q+1. The zero-order valence-electron chi connectivity index (χ0n) is 18.1. The Labute approximate surface area is 172 Å². The summed E-state index contributed by atoms with van der Waals surface area (Å²) < 4.78 is 8.79. The van der Waals surface area contributed by atoms with Crippen LogP contribution in [0.25, 0.3) is 32.9 Å². The maximum absolute atomic E-state index is 6.65. The van der Waals surface area contributed by atoms with E-state index in [9.17, 15) is 0 Å². The van der Waals surface area contributed by atoms with Gasteiger partial charge in [-0.15, -0.1) is 0 Å². The van der Waals surface area contributed by atoms with Gasteiger partial charge in [0.25, 0.3) is 6.33 Å². The van der Waals surface area contributed by atoms with Crippen LogP contribution in [0, 0.1) is 19.3 Å². The van der Waals surface area contributed by atoms with Gasteiger partial charge in [-0.25, -0.2) is 4.57 Å². The average Bonchev–Trinajstić information content (AvgIpc) is 2.66. The molecule has 3 aromatic carbocycles. The number of hydrogen-bond donors (Lipinski definition) is 0. The SMILES string of the molecule is Cc1ccc2c(CC(C)(C)C)c3c(c(C)c2c1)-c1c2c(cccc2nc[n+]1C)O3. The first-order chi connectivity index (χ1) is 13.7. The van der Waals surface area contributed by atoms with E-state index in [2.05, 4.69) is 81.5 Å². The van der Waals surface area contributed by atoms with Gasteiger partial charge in [0.15, 0.2) is 11.2 Å². The summed E-state index contributed by atoms with van der Waals surface area (Å²) in [6.07, 6.45) is 2.87. The highest BCUT2D eigenvalue weighted by atomic mass is 16.5. The molecule has 0 fully saturated rings. The Morgan fingerprint density at radius 1 is 1.03 bits per heavy atom. The molecule has 0 unspecified atom stereocenters. The lowest BCUT2D eigenvalue weighted by Crippen LogP contribution is -2.33. The second-order valence-electron chi connectivity index (χ2n) is 9.55. The molecule has 3 nitrogen and oxygen atoms in total. The smallest absolute Gasteiger partial charge is 0.287 e. The van der Waals surface area contributed by atoms with Crippen LogP contribution in [0.3, 0.4) is 0 Å². The van der Waals surface area contributed by atoms with E-state index in [1.54, 1.807) is 0 Å². The van der Waals surface area contributed by atoms with Gasteiger partial charge in [-0.05, 0) is 59.1 Å². The molecule has 146 valence electrons. The van der Waals surface area contributed by atoms with E-state index >= 15 is 0 Å². The van der Waals surface area contributed by atoms with Crippen LogP contribution in [0.4, 0.5) is 0 Å². The molecule has 0 bridgehead atoms. The molecule has 0 saturated heterocycles. The van der Waals surface area contributed by atoms with Crippen molar-refractivity contribution in [3.63, 3.8) is 0 Å². The van der Waals surface area contributed by atoms with Gasteiger partial charge in [0.2, 0.25) is 0 Å². The van der Waals surface area contributed by atoms with Crippen LogP contribution in [0.1, 0.15) is 37.5 Å². The van der Waals surface area contributed by atoms with Crippen LogP contribution in [0.2, 0.25) is 0 Å². The molecule has 5 rings (SSSR count). The predicted molar refractivity (Wildman–Crippen MR) is 119 cm³/mol. The second kappa shape index (κ2) is 6.03. The number of nitrogens with zero attached hydrogens (tertiary/aromatic N) is 2. The topological polar surface area (TPSA) is 26.0 Å². The average molecular weight is 384 g/mol. The third-order valence-corrected chi connectivity index (χ3v) is 5.90. The van der Waals surface area contributed by atoms with Gasteiger partial charge in [0, 0.05) is 5.56 Å². The molecule has 4 aromatic rings. The first kappa shape index (κ1) is 18.1. The van der Waals surface area contributed by atoms with E-state index in [4.69, 9.17) is 4.74 Å². The monoisotopic (exact) mass is 383 g/mol. The van der Waals surface area contributed by atoms with Gasteiger partial charge in [-0.2, -0.15) is 0 Å². The second-order valence-corrected chi connectivity index (χ2v) is 9.55. The minimum Gasteiger partial charge on any atom is -0.455 e. The Balaban J connectivity index is 1.99. The van der Waals surface area contributed by atoms with Crippen molar-refractivity contribution >= 4 is 21.7 Å². The Morgan fingerprint density at radius 3 is 2.59 bits per heavy atom. The number of ether oxygens (including phenoxy) is 1. The molecule has 0 N–H and O–H groups in total. The molecule has 1 aliphatic rings. The van der Waals surface area contributed by atoms with Gasteiger partial charge >= 0.3 is 0 Å². The van der Waals surface area contributed by atoms with E-state index < -0.39 is 0 Å². The Hall–Kier alpha value is -2.94. The van der Waals surface area contributed by atoms with Gasteiger partial charge in [0.05, 0.1) is 12.6 Å². The maximum atomic E-state index is 6.65. The molecule has 2 heterocycles. The molecule has 0 spiro atoms. The van der Waals surface area contributed by atoms with Crippen LogP contribution in [-0.4, -0.2) is 4.98 Å². The fourth-order valence-corrected chi connectivity index (χ4v) is 4.66. The molecule has 29 heavy (non-hydrogen) atoms. The third-order valence-electron chi connectivity index (χ3n) is 5.90. The van der Waals surface area contributed by atoms with Crippen molar-refractivity contribution < 1.29 is 9.30 Å². The fourth-order valence-electron chi connectivity index (χ4n) is 4.66. The number of benzene rings is 3. The van der Waals surface area contributed by atoms with E-state index in [-0.39, 0.29) is 5.41 Å². The quantitative estimate of drug-likeness (QED) is 0.323. The van der Waals surface area contributed by atoms with E-state index in [0.717, 1.165) is 28.8 Å². The minimum atomic E-state index is 0.150. The maximum Gasteiger partial charge on any atom is 0.287 e. The van der Waals surface area contributed by atoms with Gasteiger partial charge < -0.3 is 4.74 Å². The van der Waals surface area contributed by atoms with Crippen molar-refractivity contribution in [2.24, 2.45) is 12.5 Å². The van der Waals surface area contributed by atoms with Crippen LogP contribution >= 0.6 is 0 Å². The minimum absolute atomic E-state index is 0.150. The van der Waals surface area contributed by atoms with Gasteiger partial charge in [-0.1, -0.05) is 50.6 Å². The lowest BCUT2D eigenvalue weighted by Gasteiger charge is -2.28. The highest BCUT2D eigenvalue weighted by Crippen LogP contribution is 2.51. The van der Waals surface area contributed by atoms with Crippen LogP contribution in [0.15, 0.2) is 42.7 Å². The summed E-state index contributed by atoms with van der Waals surface area (Å²) in [5.74, 6) is 1.91. The summed E-state index contributed by atoms with van der Waals surface area (Å²) in [5, 5.41) is 3.71. The Morgan fingerprint density at radius 2 is 1.83 bits per heavy atom. The van der Waals surface area contributed by atoms with Gasteiger partial charge in [-0.3, -0.25) is 0 Å². The fraction of sp³-hybridized carbons (Fsp3) is 0.308. The summed E-state index contributed by atoms with van der Waals surface area (Å²) >= 11 is 0. The van der Waals surface area contributed by atoms with Crippen molar-refractivity contribution in [2.75, 3.05) is 0 Å². The molecule has 1 aromatic heterocycles. The number of hydrogen-bond acceptors (Lipinski definition) is 2. The number of aryl methyl sites for hydroxylation is 3. The molecular weight excluding hydrogens is 356 g/mol. The van der Waals surface area contributed by atoms with Crippen molar-refractivity contribution in [3.8, 4) is 22.8 Å². The first-order valence-electron chi connectivity index (χ1n) is 10.3.